The number of unbranched alkanes of at least 4 members (excludes halogenated alkanes) is 16. The average Bonchev–Trinajstić information content (AvgIpc) is 2.87. The molecule has 4 heteroatoms. The van der Waals surface area contributed by atoms with Gasteiger partial charge in [0, 0.05) is 0 Å². The quantitative estimate of drug-likeness (QED) is 0.0541. The monoisotopic (exact) mass is 700 g/mol. The summed E-state index contributed by atoms with van der Waals surface area (Å²) < 4.78 is 0.283. The van der Waals surface area contributed by atoms with Crippen LogP contribution in [0.25, 0.3) is 0 Å². The van der Waals surface area contributed by atoms with Crippen molar-refractivity contribution in [3.63, 3.8) is 0 Å². The largest absolute Gasteiger partial charge is 0.0945 e. The summed E-state index contributed by atoms with van der Waals surface area (Å²) in [7, 11) is -0.644. The molecule has 0 atom stereocenters. The van der Waals surface area contributed by atoms with Crippen LogP contribution >= 0.6 is 31.9 Å². The molecule has 0 spiro atoms. The molecule has 0 amide bonds. The van der Waals surface area contributed by atoms with Gasteiger partial charge >= 0.3 is 0 Å². The second kappa shape index (κ2) is 22.2. The first-order valence-electron chi connectivity index (χ1n) is 17.0. The summed E-state index contributed by atoms with van der Waals surface area (Å²) in [5.41, 5.74) is 1.53. The summed E-state index contributed by atoms with van der Waals surface area (Å²) in [5.74, 6) is 0. The van der Waals surface area contributed by atoms with Crippen LogP contribution in [-0.4, -0.2) is 19.0 Å². The maximum atomic E-state index is 3.90. The molecule has 1 aromatic rings. The van der Waals surface area contributed by atoms with Gasteiger partial charge in [-0.2, -0.15) is 0 Å². The minimum Gasteiger partial charge on any atom is -0.0712 e. The number of halogens is 2. The third kappa shape index (κ3) is 19.4. The van der Waals surface area contributed by atoms with Gasteiger partial charge in [-0.3, -0.25) is 0 Å². The van der Waals surface area contributed by atoms with E-state index in [0.29, 0.717) is 10.1 Å². The van der Waals surface area contributed by atoms with E-state index >= 15 is 0 Å². The maximum Gasteiger partial charge on any atom is 0.0945 e. The molecule has 0 saturated heterocycles. The van der Waals surface area contributed by atoms with Crippen molar-refractivity contribution in [3.05, 3.63) is 23.8 Å². The number of hydrogen-bond donors (Lipinski definition) is 0. The van der Waals surface area contributed by atoms with E-state index in [1.165, 1.54) is 134 Å². The van der Waals surface area contributed by atoms with Crippen molar-refractivity contribution in [3.8, 4) is 0 Å². The van der Waals surface area contributed by atoms with Crippen LogP contribution in [0, 0.1) is 0 Å². The fourth-order valence-electron chi connectivity index (χ4n) is 6.19. The molecule has 0 fully saturated rings. The Morgan fingerprint density at radius 3 is 1.36 bits per heavy atom. The summed E-state index contributed by atoms with van der Waals surface area (Å²) in [6.07, 6.45) is 28.5. The van der Waals surface area contributed by atoms with E-state index in [0.717, 1.165) is 0 Å². The van der Waals surface area contributed by atoms with Gasteiger partial charge in [-0.25, -0.2) is 0 Å². The molecule has 0 aliphatic carbocycles. The first-order valence-corrected chi connectivity index (χ1v) is 21.7. The number of rotatable bonds is 25. The Bertz CT molecular complexity index is 729. The number of hydrogen-bond acceptors (Lipinski definition) is 0. The highest BCUT2D eigenvalue weighted by atomic mass is 79.9. The summed E-state index contributed by atoms with van der Waals surface area (Å²) in [6.45, 7) is 14.8. The van der Waals surface area contributed by atoms with Crippen LogP contribution in [0.4, 0.5) is 0 Å². The highest BCUT2D eigenvalue weighted by molar-refractivity contribution is 9.24. The molecule has 0 bridgehead atoms. The van der Waals surface area contributed by atoms with E-state index in [1.807, 2.05) is 0 Å². The molecule has 1 aromatic carbocycles. The first-order chi connectivity index (χ1) is 18.6. The van der Waals surface area contributed by atoms with Crippen molar-refractivity contribution in [2.24, 2.45) is 0 Å². The second-order valence-electron chi connectivity index (χ2n) is 14.2. The van der Waals surface area contributed by atoms with E-state index in [2.05, 4.69) is 91.6 Å². The molecular formula is C35H66Br2Si2. The van der Waals surface area contributed by atoms with Crippen LogP contribution in [-0.2, 0) is 0 Å². The lowest BCUT2D eigenvalue weighted by Gasteiger charge is -2.28. The van der Waals surface area contributed by atoms with Gasteiger partial charge in [0.25, 0.3) is 0 Å². The molecule has 0 radical (unpaired) electrons. The fraction of sp³-hybridized carbons (Fsp3) is 0.829. The van der Waals surface area contributed by atoms with Crippen LogP contribution in [0.2, 0.25) is 10.1 Å². The van der Waals surface area contributed by atoms with E-state index < -0.39 is 0 Å². The number of alkyl halides is 2. The van der Waals surface area contributed by atoms with Crippen molar-refractivity contribution < 1.29 is 0 Å². The Balaban J connectivity index is 2.47. The fourth-order valence-corrected chi connectivity index (χ4v) is 11.9. The van der Waals surface area contributed by atoms with Gasteiger partial charge in [0.05, 0.1) is 22.8 Å². The lowest BCUT2D eigenvalue weighted by molar-refractivity contribution is 0.516. The molecule has 0 N–H and O–H groups in total. The maximum absolute atomic E-state index is 3.90. The van der Waals surface area contributed by atoms with Gasteiger partial charge in [-0.15, -0.1) is 0 Å². The van der Waals surface area contributed by atoms with Gasteiger partial charge < -0.3 is 0 Å². The van der Waals surface area contributed by atoms with Gasteiger partial charge in [-0.1, -0.05) is 230 Å². The van der Waals surface area contributed by atoms with Crippen molar-refractivity contribution in [1.29, 1.82) is 0 Å². The molecule has 0 aliphatic heterocycles. The SMILES string of the molecule is CCCCCCCCCCCC(C)(C)[SiH2]c1ccc([SiH2]C(C)(C)CCCCCCCCCCC)c(C(Br)Br)c1. The predicted octanol–water partition coefficient (Wildman–Crippen LogP) is 11.3. The van der Waals surface area contributed by atoms with Gasteiger partial charge in [-0.05, 0) is 15.6 Å². The van der Waals surface area contributed by atoms with Crippen LogP contribution in [0.5, 0.6) is 0 Å². The van der Waals surface area contributed by atoms with Crippen molar-refractivity contribution in [2.45, 2.75) is 184 Å². The molecule has 0 unspecified atom stereocenters. The Hall–Kier alpha value is 0.614. The van der Waals surface area contributed by atoms with Crippen molar-refractivity contribution >= 4 is 61.3 Å². The Kier molecular flexibility index (Phi) is 21.4. The third-order valence-electron chi connectivity index (χ3n) is 8.71. The minimum atomic E-state index is -0.340. The Morgan fingerprint density at radius 2 is 0.949 bits per heavy atom. The van der Waals surface area contributed by atoms with Gasteiger partial charge in [0.15, 0.2) is 0 Å². The Morgan fingerprint density at radius 1 is 0.564 bits per heavy atom. The molecule has 0 aliphatic rings. The van der Waals surface area contributed by atoms with Crippen molar-refractivity contribution in [1.82, 2.24) is 0 Å². The molecule has 0 heterocycles. The zero-order valence-electron chi connectivity index (χ0n) is 27.1. The summed E-state index contributed by atoms with van der Waals surface area (Å²) in [5, 5.41) is 4.34. The standard InChI is InChI=1S/C35H66Br2Si2/c1-7-9-11-13-15-17-19-21-23-27-34(3,4)38-30-25-26-32(31(29-30)33(36)37)39-35(5,6)28-24-22-20-18-16-14-12-10-8-2/h25-26,29,33H,7-24,27-28,38-39H2,1-6H3. The summed E-state index contributed by atoms with van der Waals surface area (Å²) in [6, 6.07) is 7.63. The first kappa shape index (κ1) is 37.6. The molecular weight excluding hydrogens is 636 g/mol. The molecule has 1 rings (SSSR count). The van der Waals surface area contributed by atoms with Crippen LogP contribution in [0.3, 0.4) is 0 Å². The Labute approximate surface area is 267 Å². The van der Waals surface area contributed by atoms with E-state index in [-0.39, 0.29) is 22.8 Å². The second-order valence-corrected chi connectivity index (χ2v) is 23.3. The van der Waals surface area contributed by atoms with E-state index in [1.54, 1.807) is 10.4 Å². The van der Waals surface area contributed by atoms with E-state index in [4.69, 9.17) is 0 Å². The predicted molar refractivity (Wildman–Crippen MR) is 195 cm³/mol. The number of benzene rings is 1. The van der Waals surface area contributed by atoms with E-state index in [9.17, 15) is 0 Å². The lowest BCUT2D eigenvalue weighted by Crippen LogP contribution is -2.33. The molecule has 0 nitrogen and oxygen atoms in total. The normalized spacial score (nSPS) is 13.2. The minimum absolute atomic E-state index is 0.283. The van der Waals surface area contributed by atoms with Crippen LogP contribution in [0.1, 0.15) is 179 Å². The smallest absolute Gasteiger partial charge is 0.0712 e. The molecule has 0 aromatic heterocycles. The zero-order chi connectivity index (χ0) is 29.0. The zero-order valence-corrected chi connectivity index (χ0v) is 33.1. The lowest BCUT2D eigenvalue weighted by atomic mass is 10.0. The van der Waals surface area contributed by atoms with Crippen LogP contribution < -0.4 is 10.4 Å². The van der Waals surface area contributed by atoms with Gasteiger partial charge in [0.2, 0.25) is 0 Å². The average molecular weight is 703 g/mol. The highest BCUT2D eigenvalue weighted by Crippen LogP contribution is 2.34. The van der Waals surface area contributed by atoms with Gasteiger partial charge in [0.1, 0.15) is 0 Å². The summed E-state index contributed by atoms with van der Waals surface area (Å²) in [4.78, 5) is 0. The molecule has 39 heavy (non-hydrogen) atoms. The summed E-state index contributed by atoms with van der Waals surface area (Å²) >= 11 is 7.80. The highest BCUT2D eigenvalue weighted by Gasteiger charge is 2.24. The molecule has 0 saturated carbocycles. The topological polar surface area (TPSA) is 0 Å². The third-order valence-corrected chi connectivity index (χ3v) is 14.2. The van der Waals surface area contributed by atoms with Crippen LogP contribution in [0.15, 0.2) is 18.2 Å². The molecule has 228 valence electrons. The van der Waals surface area contributed by atoms with Crippen molar-refractivity contribution in [2.75, 3.05) is 0 Å².